The van der Waals surface area contributed by atoms with Gasteiger partial charge in [-0.1, -0.05) is 24.3 Å². The molecule has 0 aliphatic rings. The Morgan fingerprint density at radius 3 is 2.59 bits per heavy atom. The number of halogens is 3. The molecule has 0 fully saturated rings. The fourth-order valence-corrected chi connectivity index (χ4v) is 4.30. The molecule has 0 radical (unpaired) electrons. The van der Waals surface area contributed by atoms with E-state index in [0.717, 1.165) is 51.0 Å². The van der Waals surface area contributed by atoms with Crippen molar-refractivity contribution in [2.24, 2.45) is 7.05 Å². The molecule has 2 aromatic heterocycles. The number of carbonyl (C=O) groups is 1. The van der Waals surface area contributed by atoms with Crippen LogP contribution in [0.25, 0.3) is 22.0 Å². The highest BCUT2D eigenvalue weighted by Gasteiger charge is 2.31. The number of fused-ring (bicyclic) bond motifs is 1. The summed E-state index contributed by atoms with van der Waals surface area (Å²) in [5.74, 6) is -0.110. The normalized spacial score (nSPS) is 12.4. The SMILES string of the molecule is Cc1ccc(C(C)NC(=O)c2cccc(C(F)(F)F)c2)cc1-c1ccc2nc(Nc3cnn(C)c3)ncc2c1. The van der Waals surface area contributed by atoms with Crippen molar-refractivity contribution in [2.75, 3.05) is 5.32 Å². The van der Waals surface area contributed by atoms with Gasteiger partial charge in [-0.15, -0.1) is 0 Å². The van der Waals surface area contributed by atoms with E-state index in [1.54, 1.807) is 24.0 Å². The Bertz CT molecular complexity index is 1680. The van der Waals surface area contributed by atoms with E-state index < -0.39 is 23.7 Å². The van der Waals surface area contributed by atoms with Crippen molar-refractivity contribution in [2.45, 2.75) is 26.1 Å². The lowest BCUT2D eigenvalue weighted by molar-refractivity contribution is -0.137. The Balaban J connectivity index is 1.36. The second-order valence-electron chi connectivity index (χ2n) is 9.34. The molecule has 1 amide bonds. The highest BCUT2D eigenvalue weighted by Crippen LogP contribution is 2.31. The molecule has 0 aliphatic carbocycles. The topological polar surface area (TPSA) is 84.7 Å². The molecule has 0 spiro atoms. The minimum atomic E-state index is -4.52. The Morgan fingerprint density at radius 2 is 1.85 bits per heavy atom. The van der Waals surface area contributed by atoms with Crippen LogP contribution in [-0.4, -0.2) is 25.7 Å². The van der Waals surface area contributed by atoms with Crippen molar-refractivity contribution in [3.05, 3.63) is 102 Å². The molecule has 5 rings (SSSR count). The van der Waals surface area contributed by atoms with E-state index in [4.69, 9.17) is 0 Å². The van der Waals surface area contributed by atoms with E-state index in [9.17, 15) is 18.0 Å². The van der Waals surface area contributed by atoms with E-state index in [2.05, 4.69) is 25.7 Å². The maximum Gasteiger partial charge on any atom is 0.416 e. The summed E-state index contributed by atoms with van der Waals surface area (Å²) in [5.41, 5.74) is 4.43. The number of carbonyl (C=O) groups excluding carboxylic acids is 1. The van der Waals surface area contributed by atoms with Gasteiger partial charge in [-0.3, -0.25) is 9.48 Å². The predicted octanol–water partition coefficient (Wildman–Crippen LogP) is 6.59. The first-order valence-corrected chi connectivity index (χ1v) is 12.2. The second-order valence-corrected chi connectivity index (χ2v) is 9.34. The largest absolute Gasteiger partial charge is 0.416 e. The summed E-state index contributed by atoms with van der Waals surface area (Å²) in [4.78, 5) is 21.7. The standard InChI is InChI=1S/C29H25F3N6O/c1-17-7-8-19(18(2)35-27(39)21-5-4-6-23(12-21)29(30,31)32)13-25(17)20-9-10-26-22(11-20)14-33-28(37-26)36-24-15-34-38(3)16-24/h4-16,18H,1-3H3,(H,35,39)(H,33,36,37). The van der Waals surface area contributed by atoms with Crippen LogP contribution < -0.4 is 10.6 Å². The van der Waals surface area contributed by atoms with Gasteiger partial charge in [0.05, 0.1) is 29.0 Å². The Labute approximate surface area is 222 Å². The van der Waals surface area contributed by atoms with Gasteiger partial charge in [-0.25, -0.2) is 9.97 Å². The van der Waals surface area contributed by atoms with Crippen LogP contribution in [0.2, 0.25) is 0 Å². The Morgan fingerprint density at radius 1 is 1.03 bits per heavy atom. The number of benzene rings is 3. The number of hydrogen-bond acceptors (Lipinski definition) is 5. The summed E-state index contributed by atoms with van der Waals surface area (Å²) in [6, 6.07) is 15.7. The van der Waals surface area contributed by atoms with E-state index in [1.807, 2.05) is 56.6 Å². The van der Waals surface area contributed by atoms with Crippen LogP contribution in [0, 0.1) is 6.92 Å². The summed E-state index contributed by atoms with van der Waals surface area (Å²) in [7, 11) is 1.83. The summed E-state index contributed by atoms with van der Waals surface area (Å²) in [6.45, 7) is 3.79. The second kappa shape index (κ2) is 10.2. The van der Waals surface area contributed by atoms with E-state index >= 15 is 0 Å². The van der Waals surface area contributed by atoms with E-state index in [1.165, 1.54) is 12.1 Å². The predicted molar refractivity (Wildman–Crippen MR) is 144 cm³/mol. The van der Waals surface area contributed by atoms with Crippen LogP contribution in [0.15, 0.2) is 79.3 Å². The quantitative estimate of drug-likeness (QED) is 0.259. The van der Waals surface area contributed by atoms with Crippen molar-refractivity contribution in [3.63, 3.8) is 0 Å². The molecule has 0 saturated heterocycles. The molecule has 0 aliphatic heterocycles. The molecule has 2 N–H and O–H groups in total. The lowest BCUT2D eigenvalue weighted by Crippen LogP contribution is -2.27. The zero-order valence-corrected chi connectivity index (χ0v) is 21.4. The fourth-order valence-electron chi connectivity index (χ4n) is 4.30. The molecule has 2 heterocycles. The van der Waals surface area contributed by atoms with Crippen LogP contribution >= 0.6 is 0 Å². The van der Waals surface area contributed by atoms with Crippen LogP contribution in [-0.2, 0) is 13.2 Å². The first-order chi connectivity index (χ1) is 18.6. The van der Waals surface area contributed by atoms with E-state index in [0.29, 0.717) is 5.95 Å². The number of rotatable bonds is 6. The smallest absolute Gasteiger partial charge is 0.346 e. The van der Waals surface area contributed by atoms with Crippen LogP contribution in [0.1, 0.15) is 40.0 Å². The van der Waals surface area contributed by atoms with Gasteiger partial charge in [-0.2, -0.15) is 18.3 Å². The maximum atomic E-state index is 13.1. The number of anilines is 2. The number of hydrogen-bond donors (Lipinski definition) is 2. The van der Waals surface area contributed by atoms with Crippen molar-refractivity contribution in [1.82, 2.24) is 25.1 Å². The first-order valence-electron chi connectivity index (χ1n) is 12.2. The van der Waals surface area contributed by atoms with E-state index in [-0.39, 0.29) is 5.56 Å². The number of nitrogens with one attached hydrogen (secondary N) is 2. The number of aryl methyl sites for hydroxylation is 2. The first kappa shape index (κ1) is 25.9. The zero-order chi connectivity index (χ0) is 27.7. The zero-order valence-electron chi connectivity index (χ0n) is 21.4. The van der Waals surface area contributed by atoms with Crippen LogP contribution in [0.4, 0.5) is 24.8 Å². The number of aromatic nitrogens is 4. The molecule has 3 aromatic carbocycles. The van der Waals surface area contributed by atoms with Crippen molar-refractivity contribution >= 4 is 28.4 Å². The maximum absolute atomic E-state index is 13.1. The molecular formula is C29H25F3N6O. The average molecular weight is 531 g/mol. The monoisotopic (exact) mass is 530 g/mol. The van der Waals surface area contributed by atoms with Crippen LogP contribution in [0.5, 0.6) is 0 Å². The molecule has 10 heteroatoms. The third kappa shape index (κ3) is 5.74. The van der Waals surface area contributed by atoms with Crippen molar-refractivity contribution in [3.8, 4) is 11.1 Å². The summed E-state index contributed by atoms with van der Waals surface area (Å²) < 4.78 is 40.9. The number of amides is 1. The van der Waals surface area contributed by atoms with Crippen molar-refractivity contribution < 1.29 is 18.0 Å². The van der Waals surface area contributed by atoms with Crippen molar-refractivity contribution in [1.29, 1.82) is 0 Å². The number of alkyl halides is 3. The number of nitrogens with zero attached hydrogens (tertiary/aromatic N) is 4. The van der Waals surface area contributed by atoms with Gasteiger partial charge in [0.25, 0.3) is 5.91 Å². The molecule has 39 heavy (non-hydrogen) atoms. The molecular weight excluding hydrogens is 505 g/mol. The molecule has 198 valence electrons. The average Bonchev–Trinajstić information content (AvgIpc) is 3.32. The summed E-state index contributed by atoms with van der Waals surface area (Å²) >= 11 is 0. The van der Waals surface area contributed by atoms with Gasteiger partial charge in [0.2, 0.25) is 5.95 Å². The van der Waals surface area contributed by atoms with Gasteiger partial charge in [0, 0.05) is 30.4 Å². The van der Waals surface area contributed by atoms with Gasteiger partial charge in [0.15, 0.2) is 0 Å². The van der Waals surface area contributed by atoms with Gasteiger partial charge in [0.1, 0.15) is 0 Å². The van der Waals surface area contributed by atoms with Gasteiger partial charge >= 0.3 is 6.18 Å². The summed E-state index contributed by atoms with van der Waals surface area (Å²) in [5, 5.41) is 10.9. The van der Waals surface area contributed by atoms with Gasteiger partial charge < -0.3 is 10.6 Å². The molecule has 0 bridgehead atoms. The third-order valence-corrected chi connectivity index (χ3v) is 6.41. The molecule has 5 aromatic rings. The molecule has 1 atom stereocenters. The highest BCUT2D eigenvalue weighted by molar-refractivity contribution is 5.94. The Hall–Kier alpha value is -4.73. The third-order valence-electron chi connectivity index (χ3n) is 6.41. The minimum Gasteiger partial charge on any atom is -0.346 e. The molecule has 1 unspecified atom stereocenters. The lowest BCUT2D eigenvalue weighted by atomic mass is 9.95. The highest BCUT2D eigenvalue weighted by atomic mass is 19.4. The molecule has 0 saturated carbocycles. The lowest BCUT2D eigenvalue weighted by Gasteiger charge is -2.17. The summed E-state index contributed by atoms with van der Waals surface area (Å²) in [6.07, 6.45) is 0.753. The Kier molecular flexibility index (Phi) is 6.78. The van der Waals surface area contributed by atoms with Crippen LogP contribution in [0.3, 0.4) is 0 Å². The minimum absolute atomic E-state index is 0.0454. The fraction of sp³-hybridized carbons (Fsp3) is 0.172. The van der Waals surface area contributed by atoms with Gasteiger partial charge in [-0.05, 0) is 72.5 Å². The molecule has 7 nitrogen and oxygen atoms in total.